The summed E-state index contributed by atoms with van der Waals surface area (Å²) in [5.41, 5.74) is 0. The number of unbranched alkanes of at least 4 members (excludes halogenated alkanes) is 30. The Hall–Kier alpha value is -2.03. The third-order valence-electron chi connectivity index (χ3n) is 12.3. The van der Waals surface area contributed by atoms with Crippen molar-refractivity contribution in [3.05, 3.63) is 48.6 Å². The quantitative estimate of drug-likeness (QED) is 0.0195. The number of hydrogen-bond donors (Lipinski definition) is 0. The largest absolute Gasteiger partial charge is 0.756 e. The summed E-state index contributed by atoms with van der Waals surface area (Å²) in [7, 11) is 1.17. The van der Waals surface area contributed by atoms with Crippen LogP contribution in [0.15, 0.2) is 48.6 Å². The van der Waals surface area contributed by atoms with Crippen molar-refractivity contribution in [1.29, 1.82) is 0 Å². The SMILES string of the molecule is CCCCC/C=C\C/C=C\CCCCCCCCCCCC(=O)OCC(COP(=O)([O-])OCC[N+](C)(C)C)OC(=O)CCCCCCCCCCCCCCC/C=C\C/C=C\CCCCCCC. The molecule has 0 bridgehead atoms. The Labute approximate surface area is 420 Å². The van der Waals surface area contributed by atoms with Gasteiger partial charge in [0, 0.05) is 12.8 Å². The van der Waals surface area contributed by atoms with Crippen LogP contribution in [0.25, 0.3) is 0 Å². The van der Waals surface area contributed by atoms with Gasteiger partial charge in [-0.1, -0.05) is 217 Å². The van der Waals surface area contributed by atoms with Crippen LogP contribution in [0.1, 0.15) is 258 Å². The van der Waals surface area contributed by atoms with Gasteiger partial charge in [-0.15, -0.1) is 0 Å². The van der Waals surface area contributed by atoms with Crippen LogP contribution in [0, 0.1) is 0 Å². The number of esters is 2. The summed E-state index contributed by atoms with van der Waals surface area (Å²) < 4.78 is 34.1. The molecular weight excluding hydrogens is 870 g/mol. The van der Waals surface area contributed by atoms with Crippen LogP contribution in [-0.2, 0) is 32.7 Å². The molecule has 398 valence electrons. The van der Waals surface area contributed by atoms with Crippen molar-refractivity contribution >= 4 is 19.8 Å². The molecule has 0 aliphatic rings. The molecule has 0 aromatic rings. The van der Waals surface area contributed by atoms with Gasteiger partial charge in [-0.25, -0.2) is 0 Å². The average molecular weight is 978 g/mol. The fourth-order valence-corrected chi connectivity index (χ4v) is 8.62. The summed E-state index contributed by atoms with van der Waals surface area (Å²) in [4.78, 5) is 37.8. The van der Waals surface area contributed by atoms with Crippen molar-refractivity contribution in [3.63, 3.8) is 0 Å². The van der Waals surface area contributed by atoms with Crippen LogP contribution in [0.5, 0.6) is 0 Å². The fourth-order valence-electron chi connectivity index (χ4n) is 7.89. The van der Waals surface area contributed by atoms with E-state index in [0.717, 1.165) is 57.8 Å². The first-order valence-corrected chi connectivity index (χ1v) is 29.8. The molecular formula is C58H108NO8P. The van der Waals surface area contributed by atoms with Crippen LogP contribution in [0.4, 0.5) is 0 Å². The smallest absolute Gasteiger partial charge is 0.306 e. The standard InChI is InChI=1S/C58H108NO8P/c1-6-8-10-12-14-16-18-20-22-24-26-27-28-29-30-31-33-35-37-39-41-43-45-47-49-51-58(61)67-56(55-66-68(62,63)65-53-52-59(3,4)5)54-64-57(60)50-48-46-44-42-40-38-36-34-32-25-23-21-19-17-15-13-11-9-7-2/h15,17-18,20-21,23-24,26,56H,6-14,16,19,22,25,27-55H2,1-5H3/b17-15-,20-18-,23-21-,26-24-. The zero-order chi connectivity index (χ0) is 49.9. The number of phosphoric ester groups is 1. The Kier molecular flexibility index (Phi) is 48.4. The van der Waals surface area contributed by atoms with E-state index in [1.807, 2.05) is 21.1 Å². The summed E-state index contributed by atoms with van der Waals surface area (Å²) >= 11 is 0. The Balaban J connectivity index is 4.17. The lowest BCUT2D eigenvalue weighted by Crippen LogP contribution is -2.37. The minimum absolute atomic E-state index is 0.0319. The number of allylic oxidation sites excluding steroid dienone is 8. The van der Waals surface area contributed by atoms with Crippen LogP contribution in [0.3, 0.4) is 0 Å². The lowest BCUT2D eigenvalue weighted by molar-refractivity contribution is -0.870. The van der Waals surface area contributed by atoms with Crippen LogP contribution >= 0.6 is 7.82 Å². The Bertz CT molecular complexity index is 1290. The van der Waals surface area contributed by atoms with Gasteiger partial charge in [0.1, 0.15) is 19.8 Å². The monoisotopic (exact) mass is 978 g/mol. The third kappa shape index (κ3) is 53.3. The van der Waals surface area contributed by atoms with Gasteiger partial charge >= 0.3 is 11.9 Å². The summed E-state index contributed by atoms with van der Waals surface area (Å²) in [6, 6.07) is 0. The maximum atomic E-state index is 12.8. The molecule has 2 atom stereocenters. The van der Waals surface area contributed by atoms with E-state index in [1.165, 1.54) is 167 Å². The summed E-state index contributed by atoms with van der Waals surface area (Å²) in [5, 5.41) is 0. The molecule has 0 aromatic carbocycles. The number of carbonyl (C=O) groups excluding carboxylic acids is 2. The molecule has 0 spiro atoms. The van der Waals surface area contributed by atoms with Crippen LogP contribution in [-0.4, -0.2) is 70.0 Å². The van der Waals surface area contributed by atoms with Crippen LogP contribution < -0.4 is 4.89 Å². The van der Waals surface area contributed by atoms with E-state index in [2.05, 4.69) is 62.5 Å². The van der Waals surface area contributed by atoms with Crippen LogP contribution in [0.2, 0.25) is 0 Å². The zero-order valence-electron chi connectivity index (χ0n) is 45.1. The number of ether oxygens (including phenoxy) is 2. The molecule has 9 nitrogen and oxygen atoms in total. The van der Waals surface area contributed by atoms with Crippen molar-refractivity contribution < 1.29 is 42.1 Å². The van der Waals surface area contributed by atoms with Gasteiger partial charge in [-0.05, 0) is 77.0 Å². The van der Waals surface area contributed by atoms with Crippen molar-refractivity contribution in [2.75, 3.05) is 47.5 Å². The minimum Gasteiger partial charge on any atom is -0.756 e. The second kappa shape index (κ2) is 49.9. The van der Waals surface area contributed by atoms with Gasteiger partial charge in [0.15, 0.2) is 6.10 Å². The topological polar surface area (TPSA) is 111 Å². The van der Waals surface area contributed by atoms with Gasteiger partial charge in [0.05, 0.1) is 27.7 Å². The predicted molar refractivity (Wildman–Crippen MR) is 287 cm³/mol. The van der Waals surface area contributed by atoms with E-state index in [4.69, 9.17) is 18.5 Å². The highest BCUT2D eigenvalue weighted by molar-refractivity contribution is 7.45. The minimum atomic E-state index is -4.64. The molecule has 0 N–H and O–H groups in total. The molecule has 2 unspecified atom stereocenters. The highest BCUT2D eigenvalue weighted by Gasteiger charge is 2.21. The van der Waals surface area contributed by atoms with Gasteiger partial charge < -0.3 is 27.9 Å². The van der Waals surface area contributed by atoms with Gasteiger partial charge in [-0.2, -0.15) is 0 Å². The molecule has 0 saturated heterocycles. The molecule has 0 rings (SSSR count). The number of likely N-dealkylation sites (N-methyl/N-ethyl adjacent to an activating group) is 1. The average Bonchev–Trinajstić information content (AvgIpc) is 3.30. The maximum absolute atomic E-state index is 12.8. The van der Waals surface area contributed by atoms with E-state index in [-0.39, 0.29) is 32.0 Å². The second-order valence-electron chi connectivity index (χ2n) is 20.3. The second-order valence-corrected chi connectivity index (χ2v) is 21.7. The molecule has 0 fully saturated rings. The van der Waals surface area contributed by atoms with E-state index >= 15 is 0 Å². The third-order valence-corrected chi connectivity index (χ3v) is 13.3. The molecule has 0 saturated carbocycles. The number of nitrogens with zero attached hydrogens (tertiary/aromatic N) is 1. The molecule has 10 heteroatoms. The number of phosphoric acid groups is 1. The highest BCUT2D eigenvalue weighted by Crippen LogP contribution is 2.38. The van der Waals surface area contributed by atoms with Crippen molar-refractivity contribution in [1.82, 2.24) is 0 Å². The highest BCUT2D eigenvalue weighted by atomic mass is 31.2. The predicted octanol–water partition coefficient (Wildman–Crippen LogP) is 16.7. The van der Waals surface area contributed by atoms with Crippen molar-refractivity contribution in [2.24, 2.45) is 0 Å². The van der Waals surface area contributed by atoms with Crippen molar-refractivity contribution in [2.45, 2.75) is 264 Å². The number of rotatable bonds is 52. The maximum Gasteiger partial charge on any atom is 0.306 e. The first-order valence-electron chi connectivity index (χ1n) is 28.3. The zero-order valence-corrected chi connectivity index (χ0v) is 45.9. The summed E-state index contributed by atoms with van der Waals surface area (Å²) in [6.45, 7) is 4.22. The van der Waals surface area contributed by atoms with E-state index in [0.29, 0.717) is 17.4 Å². The Morgan fingerprint density at radius 1 is 0.456 bits per heavy atom. The lowest BCUT2D eigenvalue weighted by atomic mass is 10.0. The Morgan fingerprint density at radius 3 is 1.19 bits per heavy atom. The van der Waals surface area contributed by atoms with Gasteiger partial charge in [0.25, 0.3) is 7.82 Å². The van der Waals surface area contributed by atoms with E-state index in [9.17, 15) is 19.0 Å². The van der Waals surface area contributed by atoms with Gasteiger partial charge in [0.2, 0.25) is 0 Å². The molecule has 0 radical (unpaired) electrons. The Morgan fingerprint density at radius 2 is 0.794 bits per heavy atom. The summed E-state index contributed by atoms with van der Waals surface area (Å²) in [6.07, 6.45) is 61.4. The molecule has 68 heavy (non-hydrogen) atoms. The number of hydrogen-bond acceptors (Lipinski definition) is 8. The normalized spacial score (nSPS) is 13.7. The molecule has 0 aromatic heterocycles. The van der Waals surface area contributed by atoms with Crippen molar-refractivity contribution in [3.8, 4) is 0 Å². The first kappa shape index (κ1) is 66.0. The molecule has 0 heterocycles. The lowest BCUT2D eigenvalue weighted by Gasteiger charge is -2.28. The number of quaternary nitrogens is 1. The molecule has 0 aliphatic carbocycles. The summed E-state index contributed by atoms with van der Waals surface area (Å²) in [5.74, 6) is -0.832. The van der Waals surface area contributed by atoms with E-state index in [1.54, 1.807) is 0 Å². The van der Waals surface area contributed by atoms with E-state index < -0.39 is 26.5 Å². The fraction of sp³-hybridized carbons (Fsp3) is 0.828. The first-order chi connectivity index (χ1) is 33.0. The molecule has 0 aliphatic heterocycles. The molecule has 0 amide bonds. The number of carbonyl (C=O) groups is 2. The van der Waals surface area contributed by atoms with Gasteiger partial charge in [-0.3, -0.25) is 14.2 Å².